The topological polar surface area (TPSA) is 47.9 Å². The Bertz CT molecular complexity index is 424. The van der Waals surface area contributed by atoms with Gasteiger partial charge in [0.25, 0.3) is 0 Å². The Labute approximate surface area is 114 Å². The van der Waals surface area contributed by atoms with Crippen LogP contribution in [-0.2, 0) is 9.47 Å². The largest absolute Gasteiger partial charge is 0.497 e. The van der Waals surface area contributed by atoms with Crippen molar-refractivity contribution < 1.29 is 19.3 Å². The Kier molecular flexibility index (Phi) is 4.45. The summed E-state index contributed by atoms with van der Waals surface area (Å²) in [7, 11) is 3.30. The molecule has 1 aromatic rings. The summed E-state index contributed by atoms with van der Waals surface area (Å²) in [4.78, 5) is 0. The first-order chi connectivity index (χ1) is 9.13. The fraction of sp³-hybridized carbons (Fsp3) is 0.600. The maximum Gasteiger partial charge on any atom is 0.119 e. The highest BCUT2D eigenvalue weighted by Gasteiger charge is 2.41. The molecule has 1 aromatic carbocycles. The van der Waals surface area contributed by atoms with Crippen LogP contribution in [0.3, 0.4) is 0 Å². The number of aryl methyl sites for hydroxylation is 1. The summed E-state index contributed by atoms with van der Waals surface area (Å²) in [5.74, 6) is 0.798. The number of aliphatic hydroxyl groups excluding tert-OH is 1. The molecule has 0 radical (unpaired) electrons. The summed E-state index contributed by atoms with van der Waals surface area (Å²) in [5, 5.41) is 10.7. The second-order valence-electron chi connectivity index (χ2n) is 5.01. The fourth-order valence-electron chi connectivity index (χ4n) is 2.67. The summed E-state index contributed by atoms with van der Waals surface area (Å²) in [6, 6.07) is 5.71. The van der Waals surface area contributed by atoms with E-state index in [1.807, 2.05) is 25.1 Å². The predicted molar refractivity (Wildman–Crippen MR) is 72.5 cm³/mol. The molecule has 4 nitrogen and oxygen atoms in total. The van der Waals surface area contributed by atoms with Crippen LogP contribution in [0.4, 0.5) is 0 Å². The molecule has 2 rings (SSSR count). The van der Waals surface area contributed by atoms with E-state index in [2.05, 4.69) is 0 Å². The van der Waals surface area contributed by atoms with Gasteiger partial charge in [-0.05, 0) is 30.2 Å². The second kappa shape index (κ2) is 5.90. The molecule has 19 heavy (non-hydrogen) atoms. The second-order valence-corrected chi connectivity index (χ2v) is 5.01. The minimum atomic E-state index is -0.646. The van der Waals surface area contributed by atoms with E-state index in [9.17, 15) is 5.11 Å². The van der Waals surface area contributed by atoms with E-state index in [0.717, 1.165) is 16.9 Å². The molecule has 0 spiro atoms. The van der Waals surface area contributed by atoms with Crippen LogP contribution in [0.15, 0.2) is 18.2 Å². The average molecular weight is 266 g/mol. The van der Waals surface area contributed by atoms with E-state index >= 15 is 0 Å². The molecule has 0 saturated carbocycles. The summed E-state index contributed by atoms with van der Waals surface area (Å²) in [5.41, 5.74) is 1.36. The molecule has 1 aliphatic rings. The molecule has 1 N–H and O–H groups in total. The quantitative estimate of drug-likeness (QED) is 0.908. The third-order valence-electron chi connectivity index (χ3n) is 4.02. The molecule has 1 fully saturated rings. The van der Waals surface area contributed by atoms with Gasteiger partial charge in [0.2, 0.25) is 0 Å². The molecule has 1 saturated heterocycles. The number of aliphatic hydroxyl groups is 1. The van der Waals surface area contributed by atoms with Crippen LogP contribution in [0.1, 0.15) is 30.1 Å². The summed E-state index contributed by atoms with van der Waals surface area (Å²) in [6.45, 7) is 3.23. The van der Waals surface area contributed by atoms with E-state index in [0.29, 0.717) is 26.1 Å². The van der Waals surface area contributed by atoms with Crippen LogP contribution in [0.5, 0.6) is 5.75 Å². The molecular weight excluding hydrogens is 244 g/mol. The Morgan fingerprint density at radius 1 is 1.26 bits per heavy atom. The maximum atomic E-state index is 10.7. The maximum absolute atomic E-state index is 10.7. The zero-order chi connectivity index (χ0) is 13.9. The Balaban J connectivity index is 2.29. The SMILES string of the molecule is COc1ccc(C(O)C2(OC)CCOCC2)c(C)c1. The van der Waals surface area contributed by atoms with E-state index in [-0.39, 0.29) is 0 Å². The van der Waals surface area contributed by atoms with E-state index in [4.69, 9.17) is 14.2 Å². The molecular formula is C15H22O4. The van der Waals surface area contributed by atoms with Crippen molar-refractivity contribution in [1.29, 1.82) is 0 Å². The minimum absolute atomic E-state index is 0.544. The van der Waals surface area contributed by atoms with Gasteiger partial charge < -0.3 is 19.3 Å². The molecule has 0 amide bonds. The smallest absolute Gasteiger partial charge is 0.119 e. The third kappa shape index (κ3) is 2.76. The van der Waals surface area contributed by atoms with E-state index in [1.54, 1.807) is 14.2 Å². The van der Waals surface area contributed by atoms with Crippen LogP contribution in [0, 0.1) is 6.92 Å². The molecule has 4 heteroatoms. The lowest BCUT2D eigenvalue weighted by Gasteiger charge is -2.40. The van der Waals surface area contributed by atoms with Crippen molar-refractivity contribution in [3.8, 4) is 5.75 Å². The fourth-order valence-corrected chi connectivity index (χ4v) is 2.67. The van der Waals surface area contributed by atoms with Crippen LogP contribution < -0.4 is 4.74 Å². The summed E-state index contributed by atoms with van der Waals surface area (Å²) in [6.07, 6.45) is 0.763. The average Bonchev–Trinajstić information content (AvgIpc) is 2.47. The first kappa shape index (κ1) is 14.3. The van der Waals surface area contributed by atoms with Crippen LogP contribution in [-0.4, -0.2) is 38.1 Å². The van der Waals surface area contributed by atoms with Crippen molar-refractivity contribution in [2.75, 3.05) is 27.4 Å². The predicted octanol–water partition coefficient (Wildman–Crippen LogP) is 2.23. The Morgan fingerprint density at radius 2 is 1.95 bits per heavy atom. The molecule has 1 unspecified atom stereocenters. The van der Waals surface area contributed by atoms with Gasteiger partial charge in [-0.25, -0.2) is 0 Å². The van der Waals surface area contributed by atoms with E-state index in [1.165, 1.54) is 0 Å². The highest BCUT2D eigenvalue weighted by molar-refractivity contribution is 5.37. The number of methoxy groups -OCH3 is 2. The highest BCUT2D eigenvalue weighted by Crippen LogP contribution is 2.38. The molecule has 1 atom stereocenters. The number of hydrogen-bond acceptors (Lipinski definition) is 4. The molecule has 106 valence electrons. The van der Waals surface area contributed by atoms with Crippen LogP contribution in [0.2, 0.25) is 0 Å². The number of benzene rings is 1. The van der Waals surface area contributed by atoms with Gasteiger partial charge in [0.15, 0.2) is 0 Å². The molecule has 1 heterocycles. The lowest BCUT2D eigenvalue weighted by Crippen LogP contribution is -2.44. The third-order valence-corrected chi connectivity index (χ3v) is 4.02. The first-order valence-electron chi connectivity index (χ1n) is 6.58. The van der Waals surface area contributed by atoms with Crippen molar-refractivity contribution in [2.24, 2.45) is 0 Å². The lowest BCUT2D eigenvalue weighted by atomic mass is 9.83. The Morgan fingerprint density at radius 3 is 2.47 bits per heavy atom. The monoisotopic (exact) mass is 266 g/mol. The molecule has 1 aliphatic heterocycles. The zero-order valence-electron chi connectivity index (χ0n) is 11.8. The van der Waals surface area contributed by atoms with Crippen LogP contribution >= 0.6 is 0 Å². The standard InChI is InChI=1S/C15H22O4/c1-11-10-12(17-2)4-5-13(11)14(16)15(18-3)6-8-19-9-7-15/h4-5,10,14,16H,6-9H2,1-3H3. The Hall–Kier alpha value is -1.10. The molecule has 0 aromatic heterocycles. The van der Waals surface area contributed by atoms with Gasteiger partial charge >= 0.3 is 0 Å². The van der Waals surface area contributed by atoms with Crippen molar-refractivity contribution in [1.82, 2.24) is 0 Å². The van der Waals surface area contributed by atoms with Gasteiger partial charge in [-0.1, -0.05) is 6.07 Å². The van der Waals surface area contributed by atoms with Crippen molar-refractivity contribution in [2.45, 2.75) is 31.5 Å². The van der Waals surface area contributed by atoms with Crippen molar-refractivity contribution in [3.63, 3.8) is 0 Å². The highest BCUT2D eigenvalue weighted by atomic mass is 16.5. The van der Waals surface area contributed by atoms with Gasteiger partial charge in [-0.2, -0.15) is 0 Å². The number of hydrogen-bond donors (Lipinski definition) is 1. The molecule has 0 bridgehead atoms. The van der Waals surface area contributed by atoms with Crippen LogP contribution in [0.25, 0.3) is 0 Å². The van der Waals surface area contributed by atoms with Gasteiger partial charge in [0.1, 0.15) is 17.5 Å². The summed E-state index contributed by atoms with van der Waals surface area (Å²) < 4.78 is 16.2. The number of rotatable bonds is 4. The summed E-state index contributed by atoms with van der Waals surface area (Å²) >= 11 is 0. The lowest BCUT2D eigenvalue weighted by molar-refractivity contribution is -0.154. The van der Waals surface area contributed by atoms with Gasteiger partial charge in [-0.3, -0.25) is 0 Å². The zero-order valence-corrected chi connectivity index (χ0v) is 11.8. The minimum Gasteiger partial charge on any atom is -0.497 e. The first-order valence-corrected chi connectivity index (χ1v) is 6.58. The number of ether oxygens (including phenoxy) is 3. The van der Waals surface area contributed by atoms with E-state index < -0.39 is 11.7 Å². The van der Waals surface area contributed by atoms with Gasteiger partial charge in [0, 0.05) is 33.2 Å². The molecule has 0 aliphatic carbocycles. The normalized spacial score (nSPS) is 20.0. The van der Waals surface area contributed by atoms with Gasteiger partial charge in [-0.15, -0.1) is 0 Å². The van der Waals surface area contributed by atoms with Crippen molar-refractivity contribution >= 4 is 0 Å². The van der Waals surface area contributed by atoms with Crippen molar-refractivity contribution in [3.05, 3.63) is 29.3 Å². The van der Waals surface area contributed by atoms with Gasteiger partial charge in [0.05, 0.1) is 7.11 Å².